The van der Waals surface area contributed by atoms with Gasteiger partial charge in [0.2, 0.25) is 5.65 Å². The van der Waals surface area contributed by atoms with Crippen molar-refractivity contribution >= 4 is 11.5 Å². The number of rotatable bonds is 2. The Balaban J connectivity index is 1.57. The lowest BCUT2D eigenvalue weighted by Crippen LogP contribution is -2.25. The van der Waals surface area contributed by atoms with Gasteiger partial charge in [0.15, 0.2) is 5.82 Å². The van der Waals surface area contributed by atoms with E-state index in [4.69, 9.17) is 0 Å². The van der Waals surface area contributed by atoms with Crippen molar-refractivity contribution in [2.75, 3.05) is 18.0 Å². The molecule has 1 aliphatic heterocycles. The fourth-order valence-electron chi connectivity index (χ4n) is 3.34. The molecule has 1 aliphatic rings. The van der Waals surface area contributed by atoms with Crippen LogP contribution >= 0.6 is 0 Å². The Morgan fingerprint density at radius 3 is 2.86 bits per heavy atom. The average Bonchev–Trinajstić information content (AvgIpc) is 2.92. The normalized spacial score (nSPS) is 19.3. The van der Waals surface area contributed by atoms with E-state index in [9.17, 15) is 0 Å². The predicted octanol–water partition coefficient (Wildman–Crippen LogP) is 2.90. The average molecular weight is 293 g/mol. The monoisotopic (exact) mass is 293 g/mol. The summed E-state index contributed by atoms with van der Waals surface area (Å²) in [6.45, 7) is 2.04. The minimum absolute atomic E-state index is 0.642. The quantitative estimate of drug-likeness (QED) is 0.729. The van der Waals surface area contributed by atoms with Gasteiger partial charge in [-0.2, -0.15) is 0 Å². The standard InChI is InChI=1S/C17H19N5/c1-2-5-14(6-3-1)15-7-4-10-21(11-8-15)16-17-20-19-13-22(17)12-9-18-16/h1-3,5-6,9,12-13,15H,4,7-8,10-11H2/t15-/m0/s1. The molecule has 1 saturated heterocycles. The minimum atomic E-state index is 0.642. The first-order chi connectivity index (χ1) is 10.9. The van der Waals surface area contributed by atoms with Crippen LogP contribution in [0.2, 0.25) is 0 Å². The molecular weight excluding hydrogens is 274 g/mol. The van der Waals surface area contributed by atoms with Gasteiger partial charge in [0, 0.05) is 25.5 Å². The van der Waals surface area contributed by atoms with Crippen LogP contribution in [0, 0.1) is 0 Å². The molecule has 3 aromatic rings. The van der Waals surface area contributed by atoms with E-state index in [0.29, 0.717) is 5.92 Å². The summed E-state index contributed by atoms with van der Waals surface area (Å²) in [7, 11) is 0. The van der Waals surface area contributed by atoms with E-state index in [-0.39, 0.29) is 0 Å². The third-order valence-electron chi connectivity index (χ3n) is 4.50. The van der Waals surface area contributed by atoms with Gasteiger partial charge < -0.3 is 4.90 Å². The maximum absolute atomic E-state index is 4.54. The van der Waals surface area contributed by atoms with Crippen LogP contribution in [0.3, 0.4) is 0 Å². The van der Waals surface area contributed by atoms with Crippen LogP contribution in [0.5, 0.6) is 0 Å². The maximum Gasteiger partial charge on any atom is 0.203 e. The summed E-state index contributed by atoms with van der Waals surface area (Å²) >= 11 is 0. The van der Waals surface area contributed by atoms with Gasteiger partial charge >= 0.3 is 0 Å². The second-order valence-electron chi connectivity index (χ2n) is 5.84. The van der Waals surface area contributed by atoms with Crippen LogP contribution in [0.15, 0.2) is 49.1 Å². The SMILES string of the molecule is c1ccc([C@H]2CCCN(c3nccn4cnnc34)CC2)cc1. The first-order valence-electron chi connectivity index (χ1n) is 7.86. The molecule has 3 heterocycles. The lowest BCUT2D eigenvalue weighted by molar-refractivity contribution is 0.612. The Hall–Kier alpha value is -2.43. The molecule has 0 saturated carbocycles. The number of hydrogen-bond donors (Lipinski definition) is 0. The van der Waals surface area contributed by atoms with Crippen LogP contribution in [-0.2, 0) is 0 Å². The molecule has 112 valence electrons. The van der Waals surface area contributed by atoms with E-state index < -0.39 is 0 Å². The molecule has 0 unspecified atom stereocenters. The van der Waals surface area contributed by atoms with Crippen molar-refractivity contribution in [3.63, 3.8) is 0 Å². The molecule has 0 radical (unpaired) electrons. The highest BCUT2D eigenvalue weighted by atomic mass is 15.3. The Morgan fingerprint density at radius 1 is 1.05 bits per heavy atom. The van der Waals surface area contributed by atoms with Crippen LogP contribution in [0.1, 0.15) is 30.7 Å². The molecule has 0 amide bonds. The van der Waals surface area contributed by atoms with Crippen LogP contribution in [0.4, 0.5) is 5.82 Å². The molecule has 0 bridgehead atoms. The predicted molar refractivity (Wildman–Crippen MR) is 86.0 cm³/mol. The number of hydrogen-bond acceptors (Lipinski definition) is 4. The zero-order valence-corrected chi connectivity index (χ0v) is 12.5. The summed E-state index contributed by atoms with van der Waals surface area (Å²) in [5.41, 5.74) is 2.30. The highest BCUT2D eigenvalue weighted by molar-refractivity contribution is 5.63. The van der Waals surface area contributed by atoms with Crippen molar-refractivity contribution in [1.29, 1.82) is 0 Å². The number of benzene rings is 1. The number of fused-ring (bicyclic) bond motifs is 1. The lowest BCUT2D eigenvalue weighted by atomic mass is 9.92. The molecule has 1 atom stereocenters. The zero-order valence-electron chi connectivity index (χ0n) is 12.5. The molecule has 5 heteroatoms. The van der Waals surface area contributed by atoms with Gasteiger partial charge in [0.25, 0.3) is 0 Å². The van der Waals surface area contributed by atoms with Crippen molar-refractivity contribution in [3.05, 3.63) is 54.6 Å². The second kappa shape index (κ2) is 5.75. The number of nitrogens with zero attached hydrogens (tertiary/aromatic N) is 5. The van der Waals surface area contributed by atoms with E-state index in [1.807, 2.05) is 16.8 Å². The van der Waals surface area contributed by atoms with E-state index in [0.717, 1.165) is 31.0 Å². The van der Waals surface area contributed by atoms with E-state index in [1.165, 1.54) is 18.4 Å². The van der Waals surface area contributed by atoms with E-state index in [2.05, 4.69) is 50.4 Å². The van der Waals surface area contributed by atoms with Gasteiger partial charge in [-0.05, 0) is 30.7 Å². The van der Waals surface area contributed by atoms with Crippen molar-refractivity contribution in [3.8, 4) is 0 Å². The molecule has 0 N–H and O–H groups in total. The third-order valence-corrected chi connectivity index (χ3v) is 4.50. The zero-order chi connectivity index (χ0) is 14.8. The molecular formula is C17H19N5. The second-order valence-corrected chi connectivity index (χ2v) is 5.84. The summed E-state index contributed by atoms with van der Waals surface area (Å²) in [6.07, 6.45) is 9.01. The van der Waals surface area contributed by atoms with Crippen LogP contribution in [-0.4, -0.2) is 32.7 Å². The summed E-state index contributed by atoms with van der Waals surface area (Å²) in [6, 6.07) is 10.9. The number of aromatic nitrogens is 4. The van der Waals surface area contributed by atoms with Crippen molar-refractivity contribution in [2.24, 2.45) is 0 Å². The van der Waals surface area contributed by atoms with Crippen LogP contribution < -0.4 is 4.90 Å². The smallest absolute Gasteiger partial charge is 0.203 e. The Labute approximate surface area is 129 Å². The molecule has 2 aromatic heterocycles. The molecule has 0 spiro atoms. The summed E-state index contributed by atoms with van der Waals surface area (Å²) in [4.78, 5) is 6.90. The van der Waals surface area contributed by atoms with Crippen molar-refractivity contribution in [1.82, 2.24) is 19.6 Å². The van der Waals surface area contributed by atoms with Gasteiger partial charge in [-0.3, -0.25) is 4.40 Å². The van der Waals surface area contributed by atoms with Gasteiger partial charge in [0.05, 0.1) is 0 Å². The van der Waals surface area contributed by atoms with Crippen molar-refractivity contribution < 1.29 is 0 Å². The minimum Gasteiger partial charge on any atom is -0.353 e. The van der Waals surface area contributed by atoms with E-state index >= 15 is 0 Å². The first-order valence-corrected chi connectivity index (χ1v) is 7.86. The lowest BCUT2D eigenvalue weighted by Gasteiger charge is -2.21. The topological polar surface area (TPSA) is 46.3 Å². The Kier molecular flexibility index (Phi) is 3.46. The summed E-state index contributed by atoms with van der Waals surface area (Å²) in [5.74, 6) is 1.59. The molecule has 5 nitrogen and oxygen atoms in total. The van der Waals surface area contributed by atoms with E-state index in [1.54, 1.807) is 6.33 Å². The van der Waals surface area contributed by atoms with Gasteiger partial charge in [-0.1, -0.05) is 30.3 Å². The fourth-order valence-corrected chi connectivity index (χ4v) is 3.34. The largest absolute Gasteiger partial charge is 0.353 e. The summed E-state index contributed by atoms with van der Waals surface area (Å²) < 4.78 is 1.93. The summed E-state index contributed by atoms with van der Waals surface area (Å²) in [5, 5.41) is 8.20. The van der Waals surface area contributed by atoms with Crippen molar-refractivity contribution in [2.45, 2.75) is 25.2 Å². The van der Waals surface area contributed by atoms with Crippen LogP contribution in [0.25, 0.3) is 5.65 Å². The Morgan fingerprint density at radius 2 is 1.95 bits per heavy atom. The fraction of sp³-hybridized carbons (Fsp3) is 0.353. The number of anilines is 1. The Bertz CT molecular complexity index is 752. The van der Waals surface area contributed by atoms with Gasteiger partial charge in [0.1, 0.15) is 6.33 Å². The molecule has 22 heavy (non-hydrogen) atoms. The molecule has 0 aliphatic carbocycles. The van der Waals surface area contributed by atoms with Gasteiger partial charge in [-0.15, -0.1) is 10.2 Å². The molecule has 1 fully saturated rings. The first kappa shape index (κ1) is 13.2. The highest BCUT2D eigenvalue weighted by Gasteiger charge is 2.21. The van der Waals surface area contributed by atoms with Gasteiger partial charge in [-0.25, -0.2) is 4.98 Å². The third kappa shape index (κ3) is 2.43. The molecule has 1 aromatic carbocycles. The molecule has 4 rings (SSSR count). The maximum atomic E-state index is 4.54. The highest BCUT2D eigenvalue weighted by Crippen LogP contribution is 2.30.